The number of pyridine rings is 3. The standard InChI is InChI=1S/C82H108ClN17O14/c1-50(2)41-65(76(108)95-64(26-11-12-37-88-51(3)4)82(114)100-40-18-27-70(100)81(113)91-52(5)71(84)103)96-75(107)63(25-10-14-39-90-73(105)60-23-17-36-87-48-60)93-74(106)62(24-9-13-38-89-72(104)59-22-16-35-86-47-59)94-80(112)69(49-101)99-79(111)68(45-56-19-15-34-85-46-56)98-78(110)67(43-54-29-32-61(83)33-30-54)97-77(109)66(92-53(6)102)44-55-28-31-57-20-7-8-21-58(57)42-55/h7-8,15-17,19-23,28-36,42,46-48,50-52,62-70,88,101H,9-14,18,24-27,37-41,43-45,49H2,1-6H3,(H2,84,103)(H,89,104)(H,90,105)(H,91,113)(H,92,102)(H,93,106)(H,94,112)(H,95,108)(H,96,107)(H,97,109)(H,98,110)(H,99,111)/p+1. The van der Waals surface area contributed by atoms with Gasteiger partial charge in [-0.05, 0) is 174 Å². The highest BCUT2D eigenvalue weighted by Gasteiger charge is 2.40. The summed E-state index contributed by atoms with van der Waals surface area (Å²) in [5, 5.41) is 45.6. The predicted octanol–water partition coefficient (Wildman–Crippen LogP) is 1.97. The van der Waals surface area contributed by atoms with Gasteiger partial charge in [0.05, 0.1) is 30.3 Å². The Bertz CT molecular complexity index is 4210. The molecule has 114 heavy (non-hydrogen) atoms. The minimum atomic E-state index is -1.83. The van der Waals surface area contributed by atoms with Crippen molar-refractivity contribution >= 4 is 99.2 Å². The van der Waals surface area contributed by atoms with E-state index in [2.05, 4.69) is 78.8 Å². The summed E-state index contributed by atoms with van der Waals surface area (Å²) in [6.07, 6.45) is 11.0. The van der Waals surface area contributed by atoms with Gasteiger partial charge in [0.15, 0.2) is 0 Å². The molecule has 0 saturated carbocycles. The molecule has 7 rings (SSSR count). The van der Waals surface area contributed by atoms with E-state index in [0.29, 0.717) is 52.6 Å². The molecule has 0 radical (unpaired) electrons. The molecule has 1 fully saturated rings. The Hall–Kier alpha value is -11.3. The SMILES string of the molecule is CC(=O)NC(Cc1ccc2ccccc2c1)C(=O)NC(Cc1ccc(Cl)cc1)C(=O)NC(Cc1cccnc1)C(=O)NC(CO)C(=O)NC(CCCCNC(=O)c1cccnc1)C(=O)NC(CCCCNC(=O)c1cccnc1)C(=O)NC(CC(C)C)C(=O)NC(CCCC[NH2+]C(C)C)C(=O)N1CCCC1C(=O)NC(C)C(N)=O. The summed E-state index contributed by atoms with van der Waals surface area (Å²) in [7, 11) is 0. The van der Waals surface area contributed by atoms with Gasteiger partial charge in [0.25, 0.3) is 11.8 Å². The molecule has 4 heterocycles. The maximum absolute atomic E-state index is 15.2. The number of unbranched alkanes of at least 4 members (excludes halogenated alkanes) is 3. The molecule has 612 valence electrons. The zero-order valence-corrected chi connectivity index (χ0v) is 66.2. The highest BCUT2D eigenvalue weighted by atomic mass is 35.5. The lowest BCUT2D eigenvalue weighted by molar-refractivity contribution is -0.683. The van der Waals surface area contributed by atoms with E-state index in [1.165, 1.54) is 55.9 Å². The number of hydrogen-bond acceptors (Lipinski definition) is 17. The van der Waals surface area contributed by atoms with Crippen LogP contribution in [0.5, 0.6) is 0 Å². The number of hydrogen-bond donors (Lipinski definition) is 14. The minimum Gasteiger partial charge on any atom is -0.394 e. The second-order valence-corrected chi connectivity index (χ2v) is 29.8. The van der Waals surface area contributed by atoms with Crippen molar-refractivity contribution in [2.24, 2.45) is 11.7 Å². The number of amides is 13. The van der Waals surface area contributed by atoms with E-state index < -0.39 is 144 Å². The second-order valence-electron chi connectivity index (χ2n) is 29.3. The van der Waals surface area contributed by atoms with E-state index >= 15 is 9.59 Å². The number of nitrogens with two attached hydrogens (primary N) is 2. The molecule has 1 aliphatic rings. The maximum atomic E-state index is 15.2. The van der Waals surface area contributed by atoms with Crippen LogP contribution in [0.4, 0.5) is 0 Å². The molecule has 3 aromatic carbocycles. The van der Waals surface area contributed by atoms with Crippen LogP contribution in [0.2, 0.25) is 5.02 Å². The number of aliphatic hydroxyl groups is 1. The van der Waals surface area contributed by atoms with E-state index in [1.807, 2.05) is 70.2 Å². The van der Waals surface area contributed by atoms with Gasteiger partial charge < -0.3 is 79.5 Å². The molecule has 0 aliphatic carbocycles. The molecule has 1 aliphatic heterocycles. The number of fused-ring (bicyclic) bond motifs is 1. The zero-order valence-electron chi connectivity index (χ0n) is 65.4. The number of benzene rings is 3. The lowest BCUT2D eigenvalue weighted by atomic mass is 9.99. The molecule has 10 atom stereocenters. The van der Waals surface area contributed by atoms with Crippen LogP contribution in [0, 0.1) is 5.92 Å². The van der Waals surface area contributed by atoms with Crippen molar-refractivity contribution in [1.82, 2.24) is 78.3 Å². The Morgan fingerprint density at radius 2 is 0.965 bits per heavy atom. The first kappa shape index (κ1) is 89.9. The Labute approximate surface area is 669 Å². The Morgan fingerprint density at radius 1 is 0.500 bits per heavy atom. The first-order valence-corrected chi connectivity index (χ1v) is 39.3. The molecule has 32 heteroatoms. The molecule has 10 unspecified atom stereocenters. The molecule has 0 spiro atoms. The van der Waals surface area contributed by atoms with Gasteiger partial charge in [-0.25, -0.2) is 0 Å². The van der Waals surface area contributed by atoms with Crippen LogP contribution in [0.3, 0.4) is 0 Å². The van der Waals surface area contributed by atoms with Crippen LogP contribution in [-0.2, 0) is 72.0 Å². The van der Waals surface area contributed by atoms with Crippen LogP contribution in [-0.4, -0.2) is 201 Å². The van der Waals surface area contributed by atoms with Crippen molar-refractivity contribution in [3.05, 3.63) is 173 Å². The fraction of sp³-hybridized carbons (Fsp3) is 0.463. The number of quaternary nitrogens is 1. The van der Waals surface area contributed by atoms with Crippen molar-refractivity contribution in [2.75, 3.05) is 32.8 Å². The van der Waals surface area contributed by atoms with Gasteiger partial charge in [0.1, 0.15) is 60.4 Å². The fourth-order valence-electron chi connectivity index (χ4n) is 13.1. The second kappa shape index (κ2) is 46.6. The van der Waals surface area contributed by atoms with Crippen LogP contribution in [0.25, 0.3) is 10.8 Å². The van der Waals surface area contributed by atoms with Gasteiger partial charge in [0.2, 0.25) is 65.0 Å². The largest absolute Gasteiger partial charge is 0.394 e. The number of carbonyl (C=O) groups is 13. The number of primary amides is 1. The fourth-order valence-corrected chi connectivity index (χ4v) is 13.2. The Balaban J connectivity index is 1.15. The molecule has 1 saturated heterocycles. The van der Waals surface area contributed by atoms with E-state index in [-0.39, 0.29) is 108 Å². The molecular weight excluding hydrogens is 1480 g/mol. The first-order chi connectivity index (χ1) is 54.7. The van der Waals surface area contributed by atoms with Crippen LogP contribution >= 0.6 is 11.6 Å². The van der Waals surface area contributed by atoms with Gasteiger partial charge in [-0.1, -0.05) is 86.1 Å². The van der Waals surface area contributed by atoms with E-state index in [0.717, 1.165) is 17.3 Å². The first-order valence-electron chi connectivity index (χ1n) is 38.9. The summed E-state index contributed by atoms with van der Waals surface area (Å²) < 4.78 is 0. The monoisotopic (exact) mass is 1590 g/mol. The number of halogens is 1. The van der Waals surface area contributed by atoms with Crippen molar-refractivity contribution in [3.63, 3.8) is 0 Å². The summed E-state index contributed by atoms with van der Waals surface area (Å²) in [6.45, 7) is 10.5. The molecular formula is C82H109ClN17O14+. The van der Waals surface area contributed by atoms with Crippen molar-refractivity contribution in [3.8, 4) is 0 Å². The molecule has 6 aromatic rings. The highest BCUT2D eigenvalue weighted by Crippen LogP contribution is 2.23. The third-order valence-electron chi connectivity index (χ3n) is 19.2. The lowest BCUT2D eigenvalue weighted by Gasteiger charge is -2.31. The van der Waals surface area contributed by atoms with Crippen LogP contribution in [0.15, 0.2) is 140 Å². The van der Waals surface area contributed by atoms with Crippen molar-refractivity contribution < 1.29 is 72.8 Å². The summed E-state index contributed by atoms with van der Waals surface area (Å²) in [6, 6.07) is 16.1. The molecule has 16 N–H and O–H groups in total. The zero-order chi connectivity index (χ0) is 82.6. The number of rotatable bonds is 46. The van der Waals surface area contributed by atoms with Crippen molar-refractivity contribution in [1.29, 1.82) is 0 Å². The number of likely N-dealkylation sites (tertiary alicyclic amines) is 1. The topological polar surface area (TPSA) is 459 Å². The van der Waals surface area contributed by atoms with Gasteiger partial charge in [0, 0.05) is 88.0 Å². The molecule has 3 aromatic heterocycles. The number of aliphatic hydroxyl groups excluding tert-OH is 1. The Kier molecular flexibility index (Phi) is 36.8. The third-order valence-corrected chi connectivity index (χ3v) is 19.5. The van der Waals surface area contributed by atoms with E-state index in [1.54, 1.807) is 60.7 Å². The van der Waals surface area contributed by atoms with Gasteiger partial charge in [-0.2, -0.15) is 0 Å². The molecule has 31 nitrogen and oxygen atoms in total. The van der Waals surface area contributed by atoms with Gasteiger partial charge in [-0.3, -0.25) is 77.3 Å². The quantitative estimate of drug-likeness (QED) is 0.0243. The van der Waals surface area contributed by atoms with Crippen LogP contribution in [0.1, 0.15) is 156 Å². The summed E-state index contributed by atoms with van der Waals surface area (Å²) in [4.78, 5) is 197. The number of nitrogens with one attached hydrogen (secondary N) is 11. The summed E-state index contributed by atoms with van der Waals surface area (Å²) in [5.41, 5.74) is 7.74. The van der Waals surface area contributed by atoms with Gasteiger partial charge >= 0.3 is 0 Å². The number of carbonyl (C=O) groups excluding carboxylic acids is 13. The maximum Gasteiger partial charge on any atom is 0.252 e. The molecule has 0 bridgehead atoms. The average Bonchev–Trinajstić information content (AvgIpc) is 1.51. The normalized spacial score (nSPS) is 14.9. The van der Waals surface area contributed by atoms with Crippen molar-refractivity contribution in [2.45, 2.75) is 204 Å². The highest BCUT2D eigenvalue weighted by molar-refractivity contribution is 6.30. The predicted molar refractivity (Wildman–Crippen MR) is 427 cm³/mol. The average molecular weight is 1590 g/mol. The lowest BCUT2D eigenvalue weighted by Crippen LogP contribution is -2.88. The minimum absolute atomic E-state index is 0.0283. The Morgan fingerprint density at radius 3 is 1.49 bits per heavy atom. The van der Waals surface area contributed by atoms with Gasteiger partial charge in [-0.15, -0.1) is 0 Å². The summed E-state index contributed by atoms with van der Waals surface area (Å²) in [5.74, 6) is -9.70. The summed E-state index contributed by atoms with van der Waals surface area (Å²) >= 11 is 6.27. The van der Waals surface area contributed by atoms with Crippen LogP contribution < -0.4 is 69.5 Å². The van der Waals surface area contributed by atoms with E-state index in [9.17, 15) is 57.8 Å². The molecule has 13 amide bonds. The third kappa shape index (κ3) is 30.0. The number of nitrogens with zero attached hydrogens (tertiary/aromatic N) is 4. The van der Waals surface area contributed by atoms with E-state index in [4.69, 9.17) is 17.3 Å². The smallest absolute Gasteiger partial charge is 0.252 e. The number of aromatic nitrogens is 3.